The summed E-state index contributed by atoms with van der Waals surface area (Å²) in [7, 11) is 6.23. The number of hydrogen-bond acceptors (Lipinski definition) is 12. The molecule has 0 saturated carbocycles. The number of halogens is 1. The van der Waals surface area contributed by atoms with Crippen LogP contribution in [0.4, 0.5) is 0 Å². The van der Waals surface area contributed by atoms with Gasteiger partial charge in [0.2, 0.25) is 0 Å². The van der Waals surface area contributed by atoms with E-state index in [-0.39, 0.29) is 24.0 Å². The van der Waals surface area contributed by atoms with E-state index in [1.807, 2.05) is 84.9 Å². The van der Waals surface area contributed by atoms with Crippen LogP contribution < -0.4 is 35.0 Å². The molecule has 6 atom stereocenters. The first-order valence-corrected chi connectivity index (χ1v) is 25.4. The molecule has 2 amide bonds. The van der Waals surface area contributed by atoms with Crippen LogP contribution in [0.3, 0.4) is 0 Å². The molecule has 4 aliphatic rings. The highest BCUT2D eigenvalue weighted by molar-refractivity contribution is 9.10. The fourth-order valence-electron chi connectivity index (χ4n) is 10.1. The van der Waals surface area contributed by atoms with Gasteiger partial charge in [0, 0.05) is 59.7 Å². The Morgan fingerprint density at radius 1 is 0.583 bits per heavy atom. The predicted molar refractivity (Wildman–Crippen MR) is 283 cm³/mol. The van der Waals surface area contributed by atoms with Gasteiger partial charge in [0.05, 0.1) is 14.2 Å². The van der Waals surface area contributed by atoms with Crippen LogP contribution in [-0.2, 0) is 13.1 Å². The minimum atomic E-state index is -1.43. The number of nitrogens with one attached hydrogen (secondary N) is 2. The van der Waals surface area contributed by atoms with E-state index in [2.05, 4.69) is 60.4 Å². The Kier molecular flexibility index (Phi) is 18.0. The van der Waals surface area contributed by atoms with Gasteiger partial charge in [0.25, 0.3) is 11.8 Å². The lowest BCUT2D eigenvalue weighted by Crippen LogP contribution is -2.43. The summed E-state index contributed by atoms with van der Waals surface area (Å²) in [6.07, 6.45) is 13.4. The minimum absolute atomic E-state index is 0.180. The lowest BCUT2D eigenvalue weighted by molar-refractivity contribution is 0.0659. The van der Waals surface area contributed by atoms with Gasteiger partial charge in [-0.15, -0.1) is 0 Å². The van der Waals surface area contributed by atoms with Crippen LogP contribution in [0.5, 0.6) is 23.0 Å². The van der Waals surface area contributed by atoms with Crippen molar-refractivity contribution >= 4 is 40.3 Å². The standard InChI is InChI=1S/C28H31N3O3.C21H24BrN3O2.C7H9BO3/c1-31-22-10-11-23(31)16-26(15-22)34-25-8-3-5-19(13-25)17-30-28(32)27-12-9-21(18-29-27)20-6-4-7-24(14-20)33-2;1-25-16-6-7-17(25)11-19(10-16)27-18-4-2-3-14(9-18)12-24-21(26)20-8-5-15(22)13-23-20;1-11-7-4-2-3-6(5-7)8(9)10/h3-9,12-14,18,22-23,26H,10-11,15-17H2,1-2H3,(H,30,32);2-5,8-9,13,16-17,19H,6-7,10-12H2,1H3,(H,24,26);2-5,9-10H,1H3/t22-,23+,26?;16-,17+,19?;. The number of carbonyl (C=O) groups excluding carboxylic acids is 2. The molecule has 4 fully saturated rings. The highest BCUT2D eigenvalue weighted by atomic mass is 79.9. The van der Waals surface area contributed by atoms with E-state index in [1.54, 1.807) is 55.9 Å². The summed E-state index contributed by atoms with van der Waals surface area (Å²) in [4.78, 5) is 38.4. The van der Waals surface area contributed by atoms with Crippen LogP contribution in [0.2, 0.25) is 0 Å². The van der Waals surface area contributed by atoms with Crippen molar-refractivity contribution in [3.8, 4) is 34.1 Å². The smallest absolute Gasteiger partial charge is 0.488 e. The van der Waals surface area contributed by atoms with Gasteiger partial charge in [0.1, 0.15) is 46.6 Å². The van der Waals surface area contributed by atoms with E-state index >= 15 is 0 Å². The zero-order valence-electron chi connectivity index (χ0n) is 41.3. The molecule has 4 aliphatic heterocycles. The molecule has 14 nitrogen and oxygen atoms in total. The average Bonchev–Trinajstić information content (AvgIpc) is 3.71. The maximum absolute atomic E-state index is 12.6. The number of ether oxygens (including phenoxy) is 4. The molecule has 4 N–H and O–H groups in total. The summed E-state index contributed by atoms with van der Waals surface area (Å²) in [5.41, 5.74) is 5.19. The molecular weight excluding hydrogens is 975 g/mol. The fourth-order valence-corrected chi connectivity index (χ4v) is 10.4. The zero-order valence-corrected chi connectivity index (χ0v) is 42.9. The maximum Gasteiger partial charge on any atom is 0.488 e. The number of nitrogens with zero attached hydrogens (tertiary/aromatic N) is 4. The zero-order chi connectivity index (χ0) is 50.6. The number of rotatable bonds is 14. The van der Waals surface area contributed by atoms with Gasteiger partial charge in [-0.05, 0) is 170 Å². The molecule has 4 saturated heterocycles. The highest BCUT2D eigenvalue weighted by Gasteiger charge is 2.40. The third-order valence-corrected chi connectivity index (χ3v) is 14.6. The summed E-state index contributed by atoms with van der Waals surface area (Å²) in [6.45, 7) is 0.875. The topological polar surface area (TPSA) is 168 Å². The van der Waals surface area contributed by atoms with Crippen LogP contribution in [0.15, 0.2) is 138 Å². The van der Waals surface area contributed by atoms with Crippen molar-refractivity contribution in [1.82, 2.24) is 30.4 Å². The largest absolute Gasteiger partial charge is 0.497 e. The van der Waals surface area contributed by atoms with Gasteiger partial charge in [0.15, 0.2) is 0 Å². The van der Waals surface area contributed by atoms with Crippen molar-refractivity contribution < 1.29 is 38.6 Å². The Bertz CT molecular complexity index is 2710. The van der Waals surface area contributed by atoms with Gasteiger partial charge in [-0.25, -0.2) is 4.98 Å². The summed E-state index contributed by atoms with van der Waals surface area (Å²) >= 11 is 3.32. The first kappa shape index (κ1) is 52.0. The highest BCUT2D eigenvalue weighted by Crippen LogP contribution is 2.37. The molecular formula is C56H64BBrN6O8. The molecule has 0 radical (unpaired) electrons. The Hall–Kier alpha value is -6.30. The number of benzene rings is 4. The first-order chi connectivity index (χ1) is 34.9. The maximum atomic E-state index is 12.6. The normalized spacial score (nSPS) is 20.9. The van der Waals surface area contributed by atoms with Crippen LogP contribution in [0, 0.1) is 0 Å². The Balaban J connectivity index is 0.000000162. The molecule has 2 unspecified atom stereocenters. The van der Waals surface area contributed by atoms with Crippen LogP contribution >= 0.6 is 15.9 Å². The second kappa shape index (κ2) is 24.9. The molecule has 2 aromatic heterocycles. The van der Waals surface area contributed by atoms with Crippen molar-refractivity contribution in [2.75, 3.05) is 28.3 Å². The molecule has 4 bridgehead atoms. The lowest BCUT2D eigenvalue weighted by Gasteiger charge is -2.36. The Labute approximate surface area is 431 Å². The molecule has 6 aromatic rings. The number of hydrogen-bond donors (Lipinski definition) is 4. The predicted octanol–water partition coefficient (Wildman–Crippen LogP) is 7.84. The van der Waals surface area contributed by atoms with Crippen molar-refractivity contribution in [2.24, 2.45) is 0 Å². The molecule has 6 heterocycles. The second-order valence-electron chi connectivity index (χ2n) is 18.9. The number of pyridine rings is 2. The van der Waals surface area contributed by atoms with Crippen molar-refractivity contribution in [3.63, 3.8) is 0 Å². The number of carbonyl (C=O) groups is 2. The van der Waals surface area contributed by atoms with E-state index < -0.39 is 7.12 Å². The third-order valence-electron chi connectivity index (χ3n) is 14.2. The SMILES string of the molecule is CN1[C@@H]2CC[C@H]1CC(Oc1cccc(CNC(=O)c3ccc(Br)cn3)c1)C2.COc1cccc(-c2ccc(C(=O)NCc3cccc(OC4C[C@H]5CC[C@@H](C4)N5C)c3)nc2)c1.COc1cccc(B(O)O)c1. The van der Waals surface area contributed by atoms with Gasteiger partial charge in [-0.1, -0.05) is 54.6 Å². The molecule has 0 spiro atoms. The molecule has 10 rings (SSSR count). The number of piperidine rings is 2. The molecule has 4 aromatic carbocycles. The van der Waals surface area contributed by atoms with Crippen molar-refractivity contribution in [2.45, 2.75) is 101 Å². The minimum Gasteiger partial charge on any atom is -0.497 e. The molecule has 376 valence electrons. The van der Waals surface area contributed by atoms with Gasteiger partial charge < -0.3 is 49.4 Å². The first-order valence-electron chi connectivity index (χ1n) is 24.6. The van der Waals surface area contributed by atoms with Crippen LogP contribution in [0.25, 0.3) is 11.1 Å². The van der Waals surface area contributed by atoms with Gasteiger partial charge in [-0.3, -0.25) is 14.6 Å². The monoisotopic (exact) mass is 1040 g/mol. The quantitative estimate of drug-likeness (QED) is 0.0782. The Morgan fingerprint density at radius 3 is 1.50 bits per heavy atom. The number of methoxy groups -OCH3 is 2. The van der Waals surface area contributed by atoms with E-state index in [4.69, 9.17) is 29.0 Å². The van der Waals surface area contributed by atoms with E-state index in [0.29, 0.717) is 59.9 Å². The summed E-state index contributed by atoms with van der Waals surface area (Å²) in [5, 5.41) is 23.4. The van der Waals surface area contributed by atoms with Crippen molar-refractivity contribution in [3.05, 3.63) is 161 Å². The van der Waals surface area contributed by atoms with Crippen LogP contribution in [0.1, 0.15) is 83.5 Å². The van der Waals surface area contributed by atoms with Gasteiger partial charge in [-0.2, -0.15) is 0 Å². The van der Waals surface area contributed by atoms with Crippen molar-refractivity contribution in [1.29, 1.82) is 0 Å². The lowest BCUT2D eigenvalue weighted by atomic mass is 9.80. The van der Waals surface area contributed by atoms with E-state index in [9.17, 15) is 9.59 Å². The number of fused-ring (bicyclic) bond motifs is 4. The fraction of sp³-hybridized carbons (Fsp3) is 0.357. The van der Waals surface area contributed by atoms with E-state index in [1.165, 1.54) is 32.8 Å². The third kappa shape index (κ3) is 14.0. The second-order valence-corrected chi connectivity index (χ2v) is 19.8. The summed E-state index contributed by atoms with van der Waals surface area (Å²) < 4.78 is 23.6. The van der Waals surface area contributed by atoms with Crippen LogP contribution in [-0.4, -0.2) is 113 Å². The molecule has 72 heavy (non-hydrogen) atoms. The number of amides is 2. The number of aromatic nitrogens is 2. The summed E-state index contributed by atoms with van der Waals surface area (Å²) in [6, 6.07) is 40.2. The summed E-state index contributed by atoms with van der Waals surface area (Å²) in [5.74, 6) is 2.79. The molecule has 0 aliphatic carbocycles. The Morgan fingerprint density at radius 2 is 1.04 bits per heavy atom. The average molecular weight is 1040 g/mol. The van der Waals surface area contributed by atoms with E-state index in [0.717, 1.165) is 69.7 Å². The van der Waals surface area contributed by atoms with Gasteiger partial charge >= 0.3 is 7.12 Å². The molecule has 16 heteroatoms.